The van der Waals surface area contributed by atoms with E-state index in [-0.39, 0.29) is 0 Å². The average Bonchev–Trinajstić information content (AvgIpc) is 2.93. The zero-order valence-corrected chi connectivity index (χ0v) is 11.5. The molecule has 4 N–H and O–H groups in total. The van der Waals surface area contributed by atoms with Gasteiger partial charge in [0.2, 0.25) is 0 Å². The maximum absolute atomic E-state index is 5.39. The normalized spacial score (nSPS) is 10.4. The fraction of sp³-hybridized carbons (Fsp3) is 0.0714. The van der Waals surface area contributed by atoms with Gasteiger partial charge in [0.05, 0.1) is 6.20 Å². The number of hydrazine groups is 1. The van der Waals surface area contributed by atoms with Crippen molar-refractivity contribution < 1.29 is 0 Å². The second-order valence-electron chi connectivity index (χ2n) is 4.47. The zero-order valence-electron chi connectivity index (χ0n) is 11.5. The molecule has 0 radical (unpaired) electrons. The van der Waals surface area contributed by atoms with Gasteiger partial charge < -0.3 is 10.7 Å². The standard InChI is InChI=1S/C14H15N7/c1-21-14(4-7-18-21)19-12-8-10(2-5-16-12)11-3-6-17-13(9-11)20-15/h2-9H,15H2,1H3,(H,16,19)(H,17,20). The van der Waals surface area contributed by atoms with Crippen molar-refractivity contribution in [1.82, 2.24) is 19.7 Å². The van der Waals surface area contributed by atoms with Crippen LogP contribution in [-0.4, -0.2) is 19.7 Å². The number of hydrogen-bond acceptors (Lipinski definition) is 6. The SMILES string of the molecule is Cn1nccc1Nc1cc(-c2ccnc(NN)c2)ccn1. The molecule has 0 aliphatic carbocycles. The molecule has 106 valence electrons. The number of aromatic nitrogens is 4. The first-order valence-electron chi connectivity index (χ1n) is 6.40. The predicted octanol–water partition coefficient (Wildman–Crippen LogP) is 1.91. The Balaban J connectivity index is 1.90. The Labute approximate surface area is 121 Å². The molecule has 0 bridgehead atoms. The number of hydrogen-bond donors (Lipinski definition) is 3. The van der Waals surface area contributed by atoms with Gasteiger partial charge in [-0.3, -0.25) is 4.68 Å². The van der Waals surface area contributed by atoms with Gasteiger partial charge in [0.25, 0.3) is 0 Å². The highest BCUT2D eigenvalue weighted by molar-refractivity contribution is 5.69. The monoisotopic (exact) mass is 281 g/mol. The molecule has 0 unspecified atom stereocenters. The summed E-state index contributed by atoms with van der Waals surface area (Å²) in [5, 5.41) is 7.34. The van der Waals surface area contributed by atoms with Crippen molar-refractivity contribution in [3.63, 3.8) is 0 Å². The van der Waals surface area contributed by atoms with Crippen molar-refractivity contribution in [1.29, 1.82) is 0 Å². The molecule has 0 saturated heterocycles. The Bertz CT molecular complexity index is 750. The Morgan fingerprint density at radius 1 is 0.952 bits per heavy atom. The van der Waals surface area contributed by atoms with Crippen molar-refractivity contribution in [3.05, 3.63) is 48.9 Å². The van der Waals surface area contributed by atoms with Gasteiger partial charge in [-0.25, -0.2) is 15.8 Å². The summed E-state index contributed by atoms with van der Waals surface area (Å²) in [6.45, 7) is 0. The van der Waals surface area contributed by atoms with Crippen LogP contribution in [0.2, 0.25) is 0 Å². The van der Waals surface area contributed by atoms with Crippen LogP contribution in [0, 0.1) is 0 Å². The van der Waals surface area contributed by atoms with E-state index in [0.29, 0.717) is 5.82 Å². The summed E-state index contributed by atoms with van der Waals surface area (Å²) in [5.74, 6) is 7.62. The van der Waals surface area contributed by atoms with Crippen LogP contribution in [0.1, 0.15) is 0 Å². The highest BCUT2D eigenvalue weighted by Crippen LogP contribution is 2.23. The topological polar surface area (TPSA) is 93.7 Å². The molecular weight excluding hydrogens is 266 g/mol. The number of pyridine rings is 2. The van der Waals surface area contributed by atoms with Gasteiger partial charge in [-0.05, 0) is 35.4 Å². The molecule has 3 aromatic heterocycles. The van der Waals surface area contributed by atoms with Gasteiger partial charge in [-0.1, -0.05) is 0 Å². The molecule has 0 aliphatic heterocycles. The Morgan fingerprint density at radius 2 is 1.62 bits per heavy atom. The maximum atomic E-state index is 5.39. The summed E-state index contributed by atoms with van der Waals surface area (Å²) in [4.78, 5) is 8.41. The van der Waals surface area contributed by atoms with E-state index in [0.717, 1.165) is 22.8 Å². The molecule has 0 aromatic carbocycles. The van der Waals surface area contributed by atoms with Gasteiger partial charge in [0, 0.05) is 25.5 Å². The maximum Gasteiger partial charge on any atom is 0.140 e. The second-order valence-corrected chi connectivity index (χ2v) is 4.47. The van der Waals surface area contributed by atoms with Crippen LogP contribution in [0.4, 0.5) is 17.5 Å². The molecule has 0 aliphatic rings. The molecular formula is C14H15N7. The first-order valence-corrected chi connectivity index (χ1v) is 6.40. The van der Waals surface area contributed by atoms with Crippen LogP contribution < -0.4 is 16.6 Å². The Morgan fingerprint density at radius 3 is 2.24 bits per heavy atom. The fourth-order valence-electron chi connectivity index (χ4n) is 2.00. The number of nitrogens with one attached hydrogen (secondary N) is 2. The molecule has 21 heavy (non-hydrogen) atoms. The minimum absolute atomic E-state index is 0.616. The van der Waals surface area contributed by atoms with E-state index in [4.69, 9.17) is 5.84 Å². The molecule has 7 heteroatoms. The smallest absolute Gasteiger partial charge is 0.140 e. The molecule has 3 rings (SSSR count). The summed E-state index contributed by atoms with van der Waals surface area (Å²) in [5.41, 5.74) is 4.57. The van der Waals surface area contributed by atoms with Crippen molar-refractivity contribution in [2.24, 2.45) is 12.9 Å². The van der Waals surface area contributed by atoms with Crippen LogP contribution in [0.25, 0.3) is 11.1 Å². The van der Waals surface area contributed by atoms with E-state index in [2.05, 4.69) is 25.8 Å². The largest absolute Gasteiger partial charge is 0.325 e. The molecule has 3 aromatic rings. The number of nitrogens with two attached hydrogens (primary N) is 1. The minimum atomic E-state index is 0.616. The summed E-state index contributed by atoms with van der Waals surface area (Å²) >= 11 is 0. The molecule has 3 heterocycles. The van der Waals surface area contributed by atoms with Gasteiger partial charge in [0.15, 0.2) is 0 Å². The molecule has 0 saturated carbocycles. The predicted molar refractivity (Wildman–Crippen MR) is 81.8 cm³/mol. The van der Waals surface area contributed by atoms with Gasteiger partial charge in [-0.2, -0.15) is 5.10 Å². The average molecular weight is 281 g/mol. The zero-order chi connectivity index (χ0) is 14.7. The van der Waals surface area contributed by atoms with Crippen LogP contribution in [0.5, 0.6) is 0 Å². The number of rotatable bonds is 4. The molecule has 0 spiro atoms. The van der Waals surface area contributed by atoms with Crippen molar-refractivity contribution in [3.8, 4) is 11.1 Å². The van der Waals surface area contributed by atoms with Crippen LogP contribution in [0.15, 0.2) is 48.9 Å². The van der Waals surface area contributed by atoms with Gasteiger partial charge in [-0.15, -0.1) is 0 Å². The summed E-state index contributed by atoms with van der Waals surface area (Å²) < 4.78 is 1.75. The Hall–Kier alpha value is -2.93. The molecule has 0 atom stereocenters. The van der Waals surface area contributed by atoms with Crippen LogP contribution in [0.3, 0.4) is 0 Å². The van der Waals surface area contributed by atoms with E-state index < -0.39 is 0 Å². The lowest BCUT2D eigenvalue weighted by molar-refractivity contribution is 0.776. The number of aryl methyl sites for hydroxylation is 1. The first-order chi connectivity index (χ1) is 10.3. The molecule has 7 nitrogen and oxygen atoms in total. The van der Waals surface area contributed by atoms with E-state index in [1.807, 2.05) is 37.4 Å². The lowest BCUT2D eigenvalue weighted by Crippen LogP contribution is -2.08. The number of nitrogens with zero attached hydrogens (tertiary/aromatic N) is 4. The Kier molecular flexibility index (Phi) is 3.48. The van der Waals surface area contributed by atoms with E-state index >= 15 is 0 Å². The summed E-state index contributed by atoms with van der Waals surface area (Å²) in [7, 11) is 1.87. The van der Waals surface area contributed by atoms with Gasteiger partial charge >= 0.3 is 0 Å². The number of anilines is 3. The van der Waals surface area contributed by atoms with Crippen molar-refractivity contribution >= 4 is 17.5 Å². The highest BCUT2D eigenvalue weighted by Gasteiger charge is 2.04. The third-order valence-electron chi connectivity index (χ3n) is 3.08. The van der Waals surface area contributed by atoms with E-state index in [9.17, 15) is 0 Å². The van der Waals surface area contributed by atoms with Crippen LogP contribution >= 0.6 is 0 Å². The third-order valence-corrected chi connectivity index (χ3v) is 3.08. The van der Waals surface area contributed by atoms with Crippen molar-refractivity contribution in [2.45, 2.75) is 0 Å². The molecule has 0 fully saturated rings. The highest BCUT2D eigenvalue weighted by atomic mass is 15.3. The quantitative estimate of drug-likeness (QED) is 0.499. The van der Waals surface area contributed by atoms with Crippen molar-refractivity contribution in [2.75, 3.05) is 10.7 Å². The lowest BCUT2D eigenvalue weighted by Gasteiger charge is -2.08. The minimum Gasteiger partial charge on any atom is -0.325 e. The van der Waals surface area contributed by atoms with Gasteiger partial charge in [0.1, 0.15) is 17.5 Å². The summed E-state index contributed by atoms with van der Waals surface area (Å²) in [6.07, 6.45) is 5.19. The van der Waals surface area contributed by atoms with E-state index in [1.165, 1.54) is 0 Å². The summed E-state index contributed by atoms with van der Waals surface area (Å²) in [6, 6.07) is 9.58. The second kappa shape index (κ2) is 5.59. The third kappa shape index (κ3) is 2.82. The lowest BCUT2D eigenvalue weighted by atomic mass is 10.1. The number of nitrogen functional groups attached to an aromatic ring is 1. The van der Waals surface area contributed by atoms with E-state index in [1.54, 1.807) is 23.3 Å². The van der Waals surface area contributed by atoms with Crippen LogP contribution in [-0.2, 0) is 7.05 Å². The first kappa shape index (κ1) is 13.1. The fourth-order valence-corrected chi connectivity index (χ4v) is 2.00. The molecule has 0 amide bonds.